The van der Waals surface area contributed by atoms with Gasteiger partial charge >= 0.3 is 12.3 Å². The number of halogens is 3. The molecule has 1 amide bonds. The first kappa shape index (κ1) is 20.8. The summed E-state index contributed by atoms with van der Waals surface area (Å²) in [5.74, 6) is 0.0351. The van der Waals surface area contributed by atoms with Gasteiger partial charge in [0.05, 0.1) is 17.6 Å². The number of hydrogen-bond donors (Lipinski definition) is 2. The third-order valence-electron chi connectivity index (χ3n) is 5.62. The van der Waals surface area contributed by atoms with E-state index in [0.717, 1.165) is 6.42 Å². The lowest BCUT2D eigenvalue weighted by atomic mass is 9.88. The molecule has 5 heterocycles. The molecule has 3 fully saturated rings. The van der Waals surface area contributed by atoms with Gasteiger partial charge in [0.1, 0.15) is 17.4 Å². The molecule has 1 aromatic carbocycles. The molecule has 170 valence electrons. The highest BCUT2D eigenvalue weighted by Gasteiger charge is 2.48. The number of hydrogen-bond acceptors (Lipinski definition) is 8. The predicted octanol–water partition coefficient (Wildman–Crippen LogP) is 3.19. The summed E-state index contributed by atoms with van der Waals surface area (Å²) in [6.45, 7) is -0.199. The van der Waals surface area contributed by atoms with Gasteiger partial charge in [0.25, 0.3) is 6.01 Å². The van der Waals surface area contributed by atoms with Gasteiger partial charge in [-0.3, -0.25) is 4.90 Å². The van der Waals surface area contributed by atoms with Crippen LogP contribution in [0.3, 0.4) is 0 Å². The molecule has 3 unspecified atom stereocenters. The van der Waals surface area contributed by atoms with Crippen molar-refractivity contribution in [2.75, 3.05) is 24.6 Å². The Hall–Kier alpha value is -3.06. The van der Waals surface area contributed by atoms with E-state index in [1.807, 2.05) is 4.90 Å². The van der Waals surface area contributed by atoms with Gasteiger partial charge in [0, 0.05) is 24.7 Å². The number of fused-ring (bicyclic) bond motifs is 3. The molecule has 3 aliphatic heterocycles. The summed E-state index contributed by atoms with van der Waals surface area (Å²) in [5, 5.41) is 21.0. The van der Waals surface area contributed by atoms with Crippen LogP contribution < -0.4 is 9.64 Å². The number of anilines is 1. The van der Waals surface area contributed by atoms with Crippen molar-refractivity contribution in [2.24, 2.45) is 0 Å². The highest BCUT2D eigenvalue weighted by molar-refractivity contribution is 7.13. The highest BCUT2D eigenvalue weighted by atomic mass is 32.1. The SMILES string of the molecule is O=C(O)N1C2CC1CN(c1nc3c(OCC(O)C(F)(F)F)ccc(-c4nccs4)c3o1)C2. The first-order valence-corrected chi connectivity index (χ1v) is 10.6. The van der Waals surface area contributed by atoms with Crippen LogP contribution in [0.15, 0.2) is 28.1 Å². The van der Waals surface area contributed by atoms with E-state index < -0.39 is 25.0 Å². The minimum atomic E-state index is -4.81. The van der Waals surface area contributed by atoms with Crippen LogP contribution in [0.4, 0.5) is 24.0 Å². The lowest BCUT2D eigenvalue weighted by Gasteiger charge is -2.54. The maximum Gasteiger partial charge on any atom is 0.417 e. The first-order chi connectivity index (χ1) is 15.2. The largest absolute Gasteiger partial charge is 0.488 e. The summed E-state index contributed by atoms with van der Waals surface area (Å²) in [6.07, 6.45) is -6.03. The Morgan fingerprint density at radius 1 is 1.34 bits per heavy atom. The van der Waals surface area contributed by atoms with Crippen LogP contribution in [0.5, 0.6) is 5.75 Å². The molecular formula is C19H17F3N4O5S. The van der Waals surface area contributed by atoms with Gasteiger partial charge in [0.2, 0.25) is 0 Å². The van der Waals surface area contributed by atoms with E-state index in [1.54, 1.807) is 17.6 Å². The summed E-state index contributed by atoms with van der Waals surface area (Å²) >= 11 is 1.36. The van der Waals surface area contributed by atoms with Crippen LogP contribution in [0.25, 0.3) is 21.7 Å². The van der Waals surface area contributed by atoms with Gasteiger partial charge in [-0.25, -0.2) is 9.78 Å². The molecule has 6 rings (SSSR count). The third kappa shape index (κ3) is 3.50. The van der Waals surface area contributed by atoms with Gasteiger partial charge in [-0.15, -0.1) is 11.3 Å². The number of aliphatic hydroxyl groups is 1. The molecule has 0 saturated carbocycles. The number of benzene rings is 1. The average Bonchev–Trinajstić information content (AvgIpc) is 3.41. The van der Waals surface area contributed by atoms with Crippen LogP contribution in [0.2, 0.25) is 0 Å². The summed E-state index contributed by atoms with van der Waals surface area (Å²) in [7, 11) is 0. The maximum absolute atomic E-state index is 12.7. The quantitative estimate of drug-likeness (QED) is 0.585. The molecule has 2 bridgehead atoms. The minimum Gasteiger partial charge on any atom is -0.488 e. The van der Waals surface area contributed by atoms with E-state index in [2.05, 4.69) is 9.97 Å². The number of rotatable bonds is 5. The van der Waals surface area contributed by atoms with Crippen molar-refractivity contribution >= 4 is 34.5 Å². The molecule has 2 N–H and O–H groups in total. The Bertz CT molecular complexity index is 1140. The Balaban J connectivity index is 1.48. The number of aliphatic hydroxyl groups excluding tert-OH is 1. The van der Waals surface area contributed by atoms with E-state index in [9.17, 15) is 28.2 Å². The fourth-order valence-corrected chi connectivity index (χ4v) is 4.75. The van der Waals surface area contributed by atoms with Gasteiger partial charge in [-0.05, 0) is 18.6 Å². The zero-order chi connectivity index (χ0) is 22.6. The topological polar surface area (TPSA) is 112 Å². The number of oxazole rings is 1. The smallest absolute Gasteiger partial charge is 0.417 e. The zero-order valence-electron chi connectivity index (χ0n) is 16.3. The van der Waals surface area contributed by atoms with Gasteiger partial charge in [-0.1, -0.05) is 0 Å². The summed E-state index contributed by atoms with van der Waals surface area (Å²) in [4.78, 5) is 23.3. The summed E-state index contributed by atoms with van der Waals surface area (Å²) in [6, 6.07) is 2.97. The lowest BCUT2D eigenvalue weighted by Crippen LogP contribution is -2.70. The fraction of sp³-hybridized carbons (Fsp3) is 0.421. The molecule has 3 atom stereocenters. The summed E-state index contributed by atoms with van der Waals surface area (Å²) in [5.41, 5.74) is 1.10. The Kier molecular flexibility index (Phi) is 4.89. The average molecular weight is 470 g/mol. The molecule has 3 aromatic rings. The second-order valence-corrected chi connectivity index (χ2v) is 8.52. The first-order valence-electron chi connectivity index (χ1n) is 9.69. The van der Waals surface area contributed by atoms with Gasteiger partial charge in [0.15, 0.2) is 17.2 Å². The molecule has 0 spiro atoms. The van der Waals surface area contributed by atoms with Crippen LogP contribution in [0.1, 0.15) is 6.42 Å². The number of piperazine rings is 1. The van der Waals surface area contributed by atoms with E-state index in [-0.39, 0.29) is 29.4 Å². The second kappa shape index (κ2) is 7.52. The summed E-state index contributed by atoms with van der Waals surface area (Å²) < 4.78 is 49.2. The molecule has 0 aliphatic carbocycles. The Morgan fingerprint density at radius 3 is 2.72 bits per heavy atom. The van der Waals surface area contributed by atoms with E-state index in [0.29, 0.717) is 29.2 Å². The molecule has 13 heteroatoms. The molecule has 0 radical (unpaired) electrons. The maximum atomic E-state index is 12.7. The number of nitrogens with zero attached hydrogens (tertiary/aromatic N) is 4. The molecule has 3 saturated heterocycles. The standard InChI is InChI=1S/C19H17F3N4O5S/c20-19(21,22)13(27)8-30-12-2-1-11(16-23-3-4-32-16)15-14(12)24-17(31-15)25-6-9-5-10(7-25)26(9)18(28)29/h1-4,9-10,13,27H,5-8H2,(H,28,29). The molecule has 32 heavy (non-hydrogen) atoms. The molecule has 2 aromatic heterocycles. The minimum absolute atomic E-state index is 0.0351. The molecule has 9 nitrogen and oxygen atoms in total. The van der Waals surface area contributed by atoms with Crippen LogP contribution in [0, 0.1) is 0 Å². The number of piperidine rings is 1. The number of aromatic nitrogens is 2. The molecule has 3 aliphatic rings. The van der Waals surface area contributed by atoms with Crippen LogP contribution in [-0.4, -0.2) is 75.2 Å². The number of alkyl halides is 3. The Morgan fingerprint density at radius 2 is 2.09 bits per heavy atom. The second-order valence-electron chi connectivity index (χ2n) is 7.63. The van der Waals surface area contributed by atoms with E-state index in [4.69, 9.17) is 9.15 Å². The van der Waals surface area contributed by atoms with E-state index >= 15 is 0 Å². The van der Waals surface area contributed by atoms with Crippen molar-refractivity contribution in [2.45, 2.75) is 30.8 Å². The van der Waals surface area contributed by atoms with Crippen molar-refractivity contribution in [1.29, 1.82) is 0 Å². The zero-order valence-corrected chi connectivity index (χ0v) is 17.1. The van der Waals surface area contributed by atoms with Crippen molar-refractivity contribution < 1.29 is 37.3 Å². The predicted molar refractivity (Wildman–Crippen MR) is 107 cm³/mol. The van der Waals surface area contributed by atoms with Crippen LogP contribution >= 0.6 is 11.3 Å². The number of carboxylic acid groups (broad SMARTS) is 1. The van der Waals surface area contributed by atoms with E-state index in [1.165, 1.54) is 22.3 Å². The van der Waals surface area contributed by atoms with Crippen molar-refractivity contribution in [1.82, 2.24) is 14.9 Å². The van der Waals surface area contributed by atoms with Crippen molar-refractivity contribution in [3.05, 3.63) is 23.7 Å². The highest BCUT2D eigenvalue weighted by Crippen LogP contribution is 2.40. The van der Waals surface area contributed by atoms with Crippen molar-refractivity contribution in [3.8, 4) is 16.3 Å². The number of amides is 1. The van der Waals surface area contributed by atoms with Crippen molar-refractivity contribution in [3.63, 3.8) is 0 Å². The van der Waals surface area contributed by atoms with Gasteiger partial charge in [-0.2, -0.15) is 18.2 Å². The monoisotopic (exact) mass is 470 g/mol. The number of thiazole rings is 1. The van der Waals surface area contributed by atoms with Gasteiger partial charge < -0.3 is 24.3 Å². The fourth-order valence-electron chi connectivity index (χ4n) is 4.09. The number of ether oxygens (including phenoxy) is 1. The third-order valence-corrected chi connectivity index (χ3v) is 6.42. The van der Waals surface area contributed by atoms with Crippen LogP contribution in [-0.2, 0) is 0 Å². The Labute approximate surface area is 182 Å². The number of carbonyl (C=O) groups is 1. The lowest BCUT2D eigenvalue weighted by molar-refractivity contribution is -0.210. The molecular weight excluding hydrogens is 453 g/mol. The normalized spacial score (nSPS) is 21.5.